The van der Waals surface area contributed by atoms with Crippen LogP contribution in [0.1, 0.15) is 32.6 Å². The summed E-state index contributed by atoms with van der Waals surface area (Å²) in [7, 11) is 0. The Hall–Kier alpha value is -0.530. The Balaban J connectivity index is 1.88. The lowest BCUT2D eigenvalue weighted by molar-refractivity contribution is -0.134. The molecule has 0 bridgehead atoms. The number of hydrogen-bond donors (Lipinski definition) is 0. The first kappa shape index (κ1) is 8.09. The summed E-state index contributed by atoms with van der Waals surface area (Å²) in [4.78, 5) is 13.8. The predicted molar refractivity (Wildman–Crippen MR) is 47.7 cm³/mol. The van der Waals surface area contributed by atoms with Crippen molar-refractivity contribution < 1.29 is 4.79 Å². The molecule has 1 heterocycles. The highest BCUT2D eigenvalue weighted by Gasteiger charge is 2.35. The van der Waals surface area contributed by atoms with Crippen LogP contribution in [0.5, 0.6) is 0 Å². The predicted octanol–water partition coefficient (Wildman–Crippen LogP) is 1.65. The first-order valence-electron chi connectivity index (χ1n) is 5.08. The molecular weight excluding hydrogens is 150 g/mol. The van der Waals surface area contributed by atoms with Gasteiger partial charge in [0.25, 0.3) is 0 Å². The highest BCUT2D eigenvalue weighted by Crippen LogP contribution is 2.37. The Kier molecular flexibility index (Phi) is 2.07. The molecule has 2 nitrogen and oxygen atoms in total. The van der Waals surface area contributed by atoms with E-state index in [0.717, 1.165) is 19.0 Å². The molecule has 0 aromatic heterocycles. The second kappa shape index (κ2) is 3.08. The molecule has 2 heteroatoms. The van der Waals surface area contributed by atoms with Crippen LogP contribution in [0.3, 0.4) is 0 Å². The number of carbonyl (C=O) groups is 1. The zero-order chi connectivity index (χ0) is 8.55. The van der Waals surface area contributed by atoms with E-state index in [-0.39, 0.29) is 0 Å². The number of rotatable bonds is 2. The highest BCUT2D eigenvalue weighted by molar-refractivity contribution is 5.79. The van der Waals surface area contributed by atoms with E-state index in [9.17, 15) is 4.79 Å². The molecule has 0 spiro atoms. The molecular formula is C10H17NO. The molecule has 0 radical (unpaired) electrons. The van der Waals surface area contributed by atoms with Crippen molar-refractivity contribution in [3.05, 3.63) is 0 Å². The van der Waals surface area contributed by atoms with Crippen LogP contribution in [-0.2, 0) is 4.79 Å². The minimum Gasteiger partial charge on any atom is -0.342 e. The van der Waals surface area contributed by atoms with Gasteiger partial charge in [-0.2, -0.15) is 0 Å². The summed E-state index contributed by atoms with van der Waals surface area (Å²) in [5.74, 6) is 1.44. The minimum absolute atomic E-state index is 0.308. The fraction of sp³-hybridized carbons (Fsp3) is 0.900. The Bertz CT molecular complexity index is 176. The topological polar surface area (TPSA) is 20.3 Å². The van der Waals surface area contributed by atoms with Gasteiger partial charge in [0.15, 0.2) is 0 Å². The van der Waals surface area contributed by atoms with Crippen molar-refractivity contribution in [2.24, 2.45) is 11.8 Å². The van der Waals surface area contributed by atoms with Crippen molar-refractivity contribution >= 4 is 5.91 Å². The zero-order valence-corrected chi connectivity index (χ0v) is 7.75. The first-order chi connectivity index (χ1) is 5.79. The summed E-state index contributed by atoms with van der Waals surface area (Å²) in [5.41, 5.74) is 0. The Morgan fingerprint density at radius 3 is 2.42 bits per heavy atom. The van der Waals surface area contributed by atoms with Gasteiger partial charge in [-0.1, -0.05) is 6.92 Å². The van der Waals surface area contributed by atoms with Crippen molar-refractivity contribution in [1.29, 1.82) is 0 Å². The number of carbonyl (C=O) groups excluding carboxylic acids is 1. The molecule has 1 atom stereocenters. The number of nitrogens with zero attached hydrogens (tertiary/aromatic N) is 1. The van der Waals surface area contributed by atoms with Crippen molar-refractivity contribution in [2.45, 2.75) is 32.6 Å². The smallest absolute Gasteiger partial charge is 0.225 e. The molecule has 2 fully saturated rings. The number of hydrogen-bond acceptors (Lipinski definition) is 1. The van der Waals surface area contributed by atoms with Gasteiger partial charge in [-0.15, -0.1) is 0 Å². The van der Waals surface area contributed by atoms with Gasteiger partial charge in [0, 0.05) is 19.0 Å². The van der Waals surface area contributed by atoms with E-state index in [0.29, 0.717) is 11.8 Å². The molecule has 68 valence electrons. The standard InChI is InChI=1S/C10H17NO/c1-8(9-4-5-9)10(12)11-6-2-3-7-11/h8-9H,2-7H2,1H3. The maximum Gasteiger partial charge on any atom is 0.225 e. The lowest BCUT2D eigenvalue weighted by atomic mass is 10.1. The first-order valence-corrected chi connectivity index (χ1v) is 5.08. The lowest BCUT2D eigenvalue weighted by Crippen LogP contribution is -2.33. The second-order valence-electron chi connectivity index (χ2n) is 4.16. The van der Waals surface area contributed by atoms with Crippen molar-refractivity contribution in [3.63, 3.8) is 0 Å². The average molecular weight is 167 g/mol. The van der Waals surface area contributed by atoms with Gasteiger partial charge >= 0.3 is 0 Å². The number of amides is 1. The Labute approximate surface area is 73.9 Å². The summed E-state index contributed by atoms with van der Waals surface area (Å²) in [6.45, 7) is 4.12. The maximum atomic E-state index is 11.8. The van der Waals surface area contributed by atoms with Crippen LogP contribution >= 0.6 is 0 Å². The molecule has 0 aromatic carbocycles. The minimum atomic E-state index is 0.308. The van der Waals surface area contributed by atoms with Gasteiger partial charge in [-0.05, 0) is 31.6 Å². The van der Waals surface area contributed by atoms with Crippen molar-refractivity contribution in [3.8, 4) is 0 Å². The largest absolute Gasteiger partial charge is 0.342 e. The van der Waals surface area contributed by atoms with E-state index in [1.807, 2.05) is 4.90 Å². The zero-order valence-electron chi connectivity index (χ0n) is 7.75. The van der Waals surface area contributed by atoms with Crippen molar-refractivity contribution in [1.82, 2.24) is 4.90 Å². The molecule has 1 saturated carbocycles. The highest BCUT2D eigenvalue weighted by atomic mass is 16.2. The SMILES string of the molecule is CC(C(=O)N1CCCC1)C1CC1. The third-order valence-corrected chi connectivity index (χ3v) is 3.14. The summed E-state index contributed by atoms with van der Waals surface area (Å²) in [6.07, 6.45) is 4.98. The van der Waals surface area contributed by atoms with E-state index >= 15 is 0 Å². The van der Waals surface area contributed by atoms with E-state index in [2.05, 4.69) is 6.92 Å². The van der Waals surface area contributed by atoms with E-state index in [1.165, 1.54) is 25.7 Å². The van der Waals surface area contributed by atoms with Gasteiger partial charge in [0.1, 0.15) is 0 Å². The molecule has 0 N–H and O–H groups in total. The van der Waals surface area contributed by atoms with Gasteiger partial charge in [0.05, 0.1) is 0 Å². The molecule has 2 aliphatic rings. The maximum absolute atomic E-state index is 11.8. The second-order valence-corrected chi connectivity index (χ2v) is 4.16. The molecule has 0 aromatic rings. The Morgan fingerprint density at radius 1 is 1.33 bits per heavy atom. The van der Waals surface area contributed by atoms with E-state index < -0.39 is 0 Å². The monoisotopic (exact) mass is 167 g/mol. The normalized spacial score (nSPS) is 25.9. The summed E-state index contributed by atoms with van der Waals surface area (Å²) >= 11 is 0. The molecule has 1 aliphatic heterocycles. The van der Waals surface area contributed by atoms with Gasteiger partial charge in [-0.3, -0.25) is 4.79 Å². The van der Waals surface area contributed by atoms with Crippen LogP contribution in [0.25, 0.3) is 0 Å². The Morgan fingerprint density at radius 2 is 1.92 bits per heavy atom. The molecule has 1 amide bonds. The molecule has 1 saturated heterocycles. The third-order valence-electron chi connectivity index (χ3n) is 3.14. The van der Waals surface area contributed by atoms with Crippen LogP contribution in [0, 0.1) is 11.8 Å². The number of likely N-dealkylation sites (tertiary alicyclic amines) is 1. The lowest BCUT2D eigenvalue weighted by Gasteiger charge is -2.19. The van der Waals surface area contributed by atoms with Crippen LogP contribution in [0.4, 0.5) is 0 Å². The molecule has 1 unspecified atom stereocenters. The van der Waals surface area contributed by atoms with Gasteiger partial charge in [0.2, 0.25) is 5.91 Å². The van der Waals surface area contributed by atoms with Crippen LogP contribution in [0.15, 0.2) is 0 Å². The van der Waals surface area contributed by atoms with E-state index in [1.54, 1.807) is 0 Å². The molecule has 12 heavy (non-hydrogen) atoms. The van der Waals surface area contributed by atoms with Crippen LogP contribution < -0.4 is 0 Å². The molecule has 2 rings (SSSR count). The van der Waals surface area contributed by atoms with Gasteiger partial charge < -0.3 is 4.90 Å². The summed E-state index contributed by atoms with van der Waals surface area (Å²) in [5, 5.41) is 0. The summed E-state index contributed by atoms with van der Waals surface area (Å²) < 4.78 is 0. The third kappa shape index (κ3) is 1.47. The fourth-order valence-electron chi connectivity index (χ4n) is 2.02. The summed E-state index contributed by atoms with van der Waals surface area (Å²) in [6, 6.07) is 0. The van der Waals surface area contributed by atoms with Crippen molar-refractivity contribution in [2.75, 3.05) is 13.1 Å². The quantitative estimate of drug-likeness (QED) is 0.612. The van der Waals surface area contributed by atoms with Crippen LogP contribution in [-0.4, -0.2) is 23.9 Å². The molecule has 1 aliphatic carbocycles. The average Bonchev–Trinajstić information content (AvgIpc) is 2.79. The van der Waals surface area contributed by atoms with E-state index in [4.69, 9.17) is 0 Å². The van der Waals surface area contributed by atoms with Gasteiger partial charge in [-0.25, -0.2) is 0 Å². The fourth-order valence-corrected chi connectivity index (χ4v) is 2.02. The van der Waals surface area contributed by atoms with Crippen LogP contribution in [0.2, 0.25) is 0 Å².